The summed E-state index contributed by atoms with van der Waals surface area (Å²) in [6.07, 6.45) is 1.72. The second-order valence-corrected chi connectivity index (χ2v) is 7.27. The van der Waals surface area contributed by atoms with Crippen LogP contribution in [0.3, 0.4) is 0 Å². The first-order valence-corrected chi connectivity index (χ1v) is 8.00. The van der Waals surface area contributed by atoms with Crippen molar-refractivity contribution in [2.75, 3.05) is 0 Å². The molecule has 0 unspecified atom stereocenters. The van der Waals surface area contributed by atoms with Crippen LogP contribution in [0, 0.1) is 17.3 Å². The highest BCUT2D eigenvalue weighted by molar-refractivity contribution is 5.75. The van der Waals surface area contributed by atoms with E-state index in [2.05, 4.69) is 6.58 Å². The van der Waals surface area contributed by atoms with E-state index in [0.29, 0.717) is 24.8 Å². The Bertz CT molecular complexity index is 541. The Morgan fingerprint density at radius 2 is 2.14 bits per heavy atom. The average Bonchev–Trinajstić information content (AvgIpc) is 2.73. The highest BCUT2D eigenvalue weighted by Gasteiger charge is 2.68. The summed E-state index contributed by atoms with van der Waals surface area (Å²) in [6, 6.07) is 0. The zero-order valence-corrected chi connectivity index (χ0v) is 13.4. The minimum absolute atomic E-state index is 0.00148. The van der Waals surface area contributed by atoms with Gasteiger partial charge in [-0.3, -0.25) is 9.59 Å². The molecule has 0 bridgehead atoms. The number of ether oxygens (including phenoxy) is 2. The van der Waals surface area contributed by atoms with Crippen molar-refractivity contribution in [3.8, 4) is 0 Å². The first kappa shape index (κ1) is 15.5. The van der Waals surface area contributed by atoms with Gasteiger partial charge in [0.05, 0.1) is 5.92 Å². The molecule has 3 fully saturated rings. The third-order valence-corrected chi connectivity index (χ3v) is 6.19. The molecule has 0 amide bonds. The summed E-state index contributed by atoms with van der Waals surface area (Å²) < 4.78 is 11.0. The van der Waals surface area contributed by atoms with Gasteiger partial charge in [-0.05, 0) is 31.3 Å². The molecule has 1 saturated heterocycles. The predicted molar refractivity (Wildman–Crippen MR) is 78.8 cm³/mol. The SMILES string of the molecule is C=C1CC[C@@H](OC(C)=O)[C@]2(C)CC[C@H]3[C@@H](C)C(=O)O[C@@H]3[C@@]12O. The quantitative estimate of drug-likeness (QED) is 0.592. The van der Waals surface area contributed by atoms with E-state index in [1.807, 2.05) is 13.8 Å². The van der Waals surface area contributed by atoms with E-state index in [1.54, 1.807) is 0 Å². The fourth-order valence-electron chi connectivity index (χ4n) is 4.75. The van der Waals surface area contributed by atoms with E-state index in [4.69, 9.17) is 9.47 Å². The van der Waals surface area contributed by atoms with Crippen molar-refractivity contribution < 1.29 is 24.2 Å². The Morgan fingerprint density at radius 1 is 1.45 bits per heavy atom. The van der Waals surface area contributed by atoms with Gasteiger partial charge in [0.2, 0.25) is 0 Å². The molecule has 0 spiro atoms. The van der Waals surface area contributed by atoms with Gasteiger partial charge < -0.3 is 14.6 Å². The van der Waals surface area contributed by atoms with Crippen molar-refractivity contribution in [1.82, 2.24) is 0 Å². The number of rotatable bonds is 1. The molecule has 3 rings (SSSR count). The molecular weight excluding hydrogens is 284 g/mol. The van der Waals surface area contributed by atoms with Crippen LogP contribution < -0.4 is 0 Å². The standard InChI is InChI=1S/C17H24O5/c1-9-5-6-13(21-11(3)18)16(4)8-7-12-10(2)15(19)22-14(12)17(9,16)20/h10,12-14,20H,1,5-8H2,2-4H3/t10-,12+,13-,14+,16+,17+/m1/s1. The first-order chi connectivity index (χ1) is 10.2. The molecule has 1 heterocycles. The Hall–Kier alpha value is -1.36. The van der Waals surface area contributed by atoms with Gasteiger partial charge in [0.15, 0.2) is 0 Å². The van der Waals surface area contributed by atoms with Gasteiger partial charge >= 0.3 is 11.9 Å². The van der Waals surface area contributed by atoms with Crippen molar-refractivity contribution >= 4 is 11.9 Å². The molecule has 1 N–H and O–H groups in total. The summed E-state index contributed by atoms with van der Waals surface area (Å²) in [5.74, 6) is -0.811. The maximum Gasteiger partial charge on any atom is 0.309 e. The number of hydrogen-bond donors (Lipinski definition) is 1. The second-order valence-electron chi connectivity index (χ2n) is 7.27. The number of carbonyl (C=O) groups is 2. The highest BCUT2D eigenvalue weighted by Crippen LogP contribution is 2.60. The lowest BCUT2D eigenvalue weighted by atomic mass is 9.51. The molecule has 2 aliphatic carbocycles. The second kappa shape index (κ2) is 4.82. The molecule has 0 aromatic rings. The lowest BCUT2D eigenvalue weighted by Crippen LogP contribution is -2.67. The Morgan fingerprint density at radius 3 is 2.77 bits per heavy atom. The van der Waals surface area contributed by atoms with Crippen molar-refractivity contribution in [3.63, 3.8) is 0 Å². The molecule has 0 aromatic heterocycles. The van der Waals surface area contributed by atoms with E-state index in [-0.39, 0.29) is 29.9 Å². The highest BCUT2D eigenvalue weighted by atomic mass is 16.6. The summed E-state index contributed by atoms with van der Waals surface area (Å²) >= 11 is 0. The van der Waals surface area contributed by atoms with Crippen molar-refractivity contribution in [2.24, 2.45) is 17.3 Å². The minimum atomic E-state index is -1.32. The largest absolute Gasteiger partial charge is 0.462 e. The van der Waals surface area contributed by atoms with Gasteiger partial charge in [-0.1, -0.05) is 20.4 Å². The van der Waals surface area contributed by atoms with Gasteiger partial charge in [0, 0.05) is 18.3 Å². The summed E-state index contributed by atoms with van der Waals surface area (Å²) in [7, 11) is 0. The molecule has 2 saturated carbocycles. The smallest absolute Gasteiger partial charge is 0.309 e. The fraction of sp³-hybridized carbons (Fsp3) is 0.765. The van der Waals surface area contributed by atoms with Gasteiger partial charge in [-0.25, -0.2) is 0 Å². The number of esters is 2. The van der Waals surface area contributed by atoms with Crippen LogP contribution in [0.2, 0.25) is 0 Å². The molecule has 5 nitrogen and oxygen atoms in total. The van der Waals surface area contributed by atoms with Gasteiger partial charge in [0.25, 0.3) is 0 Å². The molecule has 122 valence electrons. The van der Waals surface area contributed by atoms with E-state index in [9.17, 15) is 14.7 Å². The molecular formula is C17H24O5. The van der Waals surface area contributed by atoms with Crippen molar-refractivity contribution in [2.45, 2.75) is 64.3 Å². The van der Waals surface area contributed by atoms with E-state index < -0.39 is 17.1 Å². The van der Waals surface area contributed by atoms with E-state index in [1.165, 1.54) is 6.92 Å². The molecule has 0 radical (unpaired) electrons. The van der Waals surface area contributed by atoms with Crippen LogP contribution in [0.25, 0.3) is 0 Å². The Labute approximate surface area is 130 Å². The van der Waals surface area contributed by atoms with Crippen LogP contribution in [0.15, 0.2) is 12.2 Å². The normalized spacial score (nSPS) is 47.5. The zero-order valence-electron chi connectivity index (χ0n) is 13.4. The topological polar surface area (TPSA) is 72.8 Å². The first-order valence-electron chi connectivity index (χ1n) is 8.00. The molecule has 3 aliphatic rings. The van der Waals surface area contributed by atoms with E-state index >= 15 is 0 Å². The monoisotopic (exact) mass is 308 g/mol. The van der Waals surface area contributed by atoms with Crippen LogP contribution in [-0.2, 0) is 19.1 Å². The molecule has 0 aromatic carbocycles. The minimum Gasteiger partial charge on any atom is -0.462 e. The lowest BCUT2D eigenvalue weighted by molar-refractivity contribution is -0.224. The summed E-state index contributed by atoms with van der Waals surface area (Å²) in [5.41, 5.74) is -1.30. The molecule has 5 heteroatoms. The van der Waals surface area contributed by atoms with Crippen LogP contribution in [0.4, 0.5) is 0 Å². The van der Waals surface area contributed by atoms with Gasteiger partial charge in [-0.15, -0.1) is 0 Å². The Balaban J connectivity index is 2.03. The maximum absolute atomic E-state index is 12.0. The van der Waals surface area contributed by atoms with E-state index in [0.717, 1.165) is 6.42 Å². The summed E-state index contributed by atoms with van der Waals surface area (Å²) in [6.45, 7) is 9.23. The van der Waals surface area contributed by atoms with Crippen LogP contribution in [-0.4, -0.2) is 34.9 Å². The molecule has 1 aliphatic heterocycles. The summed E-state index contributed by atoms with van der Waals surface area (Å²) in [5, 5.41) is 11.5. The number of hydrogen-bond acceptors (Lipinski definition) is 5. The van der Waals surface area contributed by atoms with Crippen LogP contribution >= 0.6 is 0 Å². The third-order valence-electron chi connectivity index (χ3n) is 6.19. The van der Waals surface area contributed by atoms with Crippen molar-refractivity contribution in [1.29, 1.82) is 0 Å². The van der Waals surface area contributed by atoms with Crippen LogP contribution in [0.5, 0.6) is 0 Å². The molecule has 22 heavy (non-hydrogen) atoms. The maximum atomic E-state index is 12.0. The Kier molecular flexibility index (Phi) is 3.40. The van der Waals surface area contributed by atoms with Crippen molar-refractivity contribution in [3.05, 3.63) is 12.2 Å². The molecule has 6 atom stereocenters. The van der Waals surface area contributed by atoms with Crippen LogP contribution in [0.1, 0.15) is 46.5 Å². The number of aliphatic hydroxyl groups is 1. The average molecular weight is 308 g/mol. The lowest BCUT2D eigenvalue weighted by Gasteiger charge is -2.58. The van der Waals surface area contributed by atoms with Gasteiger partial charge in [0.1, 0.15) is 17.8 Å². The van der Waals surface area contributed by atoms with Gasteiger partial charge in [-0.2, -0.15) is 0 Å². The fourth-order valence-corrected chi connectivity index (χ4v) is 4.75. The zero-order chi connectivity index (χ0) is 16.3. The third kappa shape index (κ3) is 1.81. The predicted octanol–water partition coefficient (Wildman–Crippen LogP) is 1.98. The summed E-state index contributed by atoms with van der Waals surface area (Å²) in [4.78, 5) is 23.4. The number of fused-ring (bicyclic) bond motifs is 3. The number of carbonyl (C=O) groups excluding carboxylic acids is 2.